The van der Waals surface area contributed by atoms with E-state index in [9.17, 15) is 9.59 Å². The van der Waals surface area contributed by atoms with Gasteiger partial charge in [0.1, 0.15) is 6.10 Å². The van der Waals surface area contributed by atoms with Gasteiger partial charge < -0.3 is 15.8 Å². The number of anilines is 2. The summed E-state index contributed by atoms with van der Waals surface area (Å²) in [6, 6.07) is 5.64. The molecule has 7 heteroatoms. The van der Waals surface area contributed by atoms with Crippen molar-refractivity contribution in [3.8, 4) is 0 Å². The molecule has 0 bridgehead atoms. The first kappa shape index (κ1) is 14.2. The predicted molar refractivity (Wildman–Crippen MR) is 81.7 cm³/mol. The average molecular weight is 307 g/mol. The molecule has 0 aliphatic carbocycles. The van der Waals surface area contributed by atoms with Gasteiger partial charge in [-0.15, -0.1) is 11.8 Å². The zero-order valence-electron chi connectivity index (χ0n) is 11.5. The molecule has 1 atom stereocenters. The van der Waals surface area contributed by atoms with Gasteiger partial charge >= 0.3 is 6.09 Å². The van der Waals surface area contributed by atoms with E-state index in [1.165, 1.54) is 11.8 Å². The highest BCUT2D eigenvalue weighted by molar-refractivity contribution is 8.00. The number of hydrogen-bond donors (Lipinski definition) is 2. The van der Waals surface area contributed by atoms with Crippen molar-refractivity contribution in [3.05, 3.63) is 18.2 Å². The van der Waals surface area contributed by atoms with Crippen LogP contribution in [0.3, 0.4) is 0 Å². The molecular formula is C14H17N3O3S. The lowest BCUT2D eigenvalue weighted by atomic mass is 10.2. The Hall–Kier alpha value is -1.73. The van der Waals surface area contributed by atoms with Crippen LogP contribution in [0.2, 0.25) is 0 Å². The maximum Gasteiger partial charge on any atom is 0.414 e. The minimum absolute atomic E-state index is 0.0190. The fourth-order valence-electron chi connectivity index (χ4n) is 2.47. The molecule has 1 aromatic carbocycles. The summed E-state index contributed by atoms with van der Waals surface area (Å²) in [6.07, 6.45) is 1.16. The second-order valence-electron chi connectivity index (χ2n) is 5.06. The lowest BCUT2D eigenvalue weighted by molar-refractivity contribution is -0.113. The molecule has 6 nitrogen and oxygen atoms in total. The number of nitrogens with one attached hydrogen (secondary N) is 1. The van der Waals surface area contributed by atoms with Gasteiger partial charge in [-0.1, -0.05) is 0 Å². The molecule has 3 rings (SSSR count). The zero-order chi connectivity index (χ0) is 14.8. The number of amides is 2. The van der Waals surface area contributed by atoms with Crippen molar-refractivity contribution in [1.82, 2.24) is 0 Å². The van der Waals surface area contributed by atoms with Crippen molar-refractivity contribution in [3.63, 3.8) is 0 Å². The number of rotatable bonds is 4. The number of nitrogens with two attached hydrogens (primary N) is 1. The number of fused-ring (bicyclic) bond motifs is 1. The Bertz CT molecular complexity index is 579. The van der Waals surface area contributed by atoms with Crippen molar-refractivity contribution in [1.29, 1.82) is 0 Å². The number of carbonyl (C=O) groups is 2. The third kappa shape index (κ3) is 2.98. The van der Waals surface area contributed by atoms with E-state index in [1.807, 2.05) is 18.2 Å². The Morgan fingerprint density at radius 1 is 1.43 bits per heavy atom. The standard InChI is InChI=1S/C14H17N3O3S/c15-5-1-2-10-7-17(14(19)20-10)9-3-4-12-11(6-9)16-13(18)8-21-12/h3-4,6,10H,1-2,5,7-8,15H2,(H,16,18)/t10-/m0/s1. The van der Waals surface area contributed by atoms with Crippen LogP contribution in [0.5, 0.6) is 0 Å². The Kier molecular flexibility index (Phi) is 4.03. The van der Waals surface area contributed by atoms with Crippen LogP contribution in [0.25, 0.3) is 0 Å². The highest BCUT2D eigenvalue weighted by Crippen LogP contribution is 2.35. The van der Waals surface area contributed by atoms with E-state index >= 15 is 0 Å². The van der Waals surface area contributed by atoms with Crippen LogP contribution in [0.4, 0.5) is 16.2 Å². The average Bonchev–Trinajstić information content (AvgIpc) is 2.85. The molecule has 0 radical (unpaired) electrons. The molecule has 2 aliphatic heterocycles. The van der Waals surface area contributed by atoms with Crippen LogP contribution >= 0.6 is 11.8 Å². The summed E-state index contributed by atoms with van der Waals surface area (Å²) in [7, 11) is 0. The number of carbonyl (C=O) groups excluding carboxylic acids is 2. The number of thioether (sulfide) groups is 1. The second kappa shape index (κ2) is 5.95. The Labute approximate surface area is 127 Å². The van der Waals surface area contributed by atoms with Crippen LogP contribution in [0.1, 0.15) is 12.8 Å². The number of hydrogen-bond acceptors (Lipinski definition) is 5. The van der Waals surface area contributed by atoms with E-state index < -0.39 is 0 Å². The monoisotopic (exact) mass is 307 g/mol. The molecule has 0 saturated carbocycles. The molecule has 0 spiro atoms. The Balaban J connectivity index is 1.76. The van der Waals surface area contributed by atoms with Crippen molar-refractivity contribution in [2.24, 2.45) is 5.73 Å². The van der Waals surface area contributed by atoms with Crippen molar-refractivity contribution >= 4 is 35.1 Å². The first-order chi connectivity index (χ1) is 10.2. The quantitative estimate of drug-likeness (QED) is 0.886. The number of benzene rings is 1. The molecular weight excluding hydrogens is 290 g/mol. The van der Waals surface area contributed by atoms with E-state index in [0.717, 1.165) is 29.1 Å². The van der Waals surface area contributed by atoms with Crippen LogP contribution in [-0.4, -0.2) is 36.9 Å². The molecule has 0 aromatic heterocycles. The van der Waals surface area contributed by atoms with E-state index in [-0.39, 0.29) is 18.1 Å². The van der Waals surface area contributed by atoms with Gasteiger partial charge in [-0.2, -0.15) is 0 Å². The largest absolute Gasteiger partial charge is 0.444 e. The summed E-state index contributed by atoms with van der Waals surface area (Å²) in [5.74, 6) is 0.411. The van der Waals surface area contributed by atoms with Gasteiger partial charge in [0, 0.05) is 10.6 Å². The van der Waals surface area contributed by atoms with Crippen molar-refractivity contribution in [2.45, 2.75) is 23.8 Å². The molecule has 21 heavy (non-hydrogen) atoms. The molecule has 112 valence electrons. The lowest BCUT2D eigenvalue weighted by Crippen LogP contribution is -2.25. The maximum atomic E-state index is 12.0. The first-order valence-corrected chi connectivity index (χ1v) is 7.91. The molecule has 0 unspecified atom stereocenters. The third-order valence-electron chi connectivity index (χ3n) is 3.51. The van der Waals surface area contributed by atoms with Gasteiger partial charge in [0.25, 0.3) is 0 Å². The van der Waals surface area contributed by atoms with Crippen LogP contribution < -0.4 is 16.0 Å². The fourth-order valence-corrected chi connectivity index (χ4v) is 3.26. The summed E-state index contributed by atoms with van der Waals surface area (Å²) < 4.78 is 5.33. The highest BCUT2D eigenvalue weighted by atomic mass is 32.2. The van der Waals surface area contributed by atoms with Crippen LogP contribution in [0.15, 0.2) is 23.1 Å². The number of nitrogens with zero attached hydrogens (tertiary/aromatic N) is 1. The summed E-state index contributed by atoms with van der Waals surface area (Å²) >= 11 is 1.50. The Morgan fingerprint density at radius 3 is 3.10 bits per heavy atom. The molecule has 3 N–H and O–H groups in total. The second-order valence-corrected chi connectivity index (χ2v) is 6.08. The van der Waals surface area contributed by atoms with Crippen molar-refractivity contribution in [2.75, 3.05) is 29.1 Å². The number of cyclic esters (lactones) is 1. The van der Waals surface area contributed by atoms with E-state index in [4.69, 9.17) is 10.5 Å². The van der Waals surface area contributed by atoms with Gasteiger partial charge in [-0.3, -0.25) is 9.69 Å². The van der Waals surface area contributed by atoms with Gasteiger partial charge in [0.05, 0.1) is 18.0 Å². The maximum absolute atomic E-state index is 12.0. The van der Waals surface area contributed by atoms with Crippen molar-refractivity contribution < 1.29 is 14.3 Å². The molecule has 2 aliphatic rings. The molecule has 1 saturated heterocycles. The summed E-state index contributed by atoms with van der Waals surface area (Å²) in [5, 5.41) is 2.83. The van der Waals surface area contributed by atoms with Gasteiger partial charge in [0.15, 0.2) is 0 Å². The minimum Gasteiger partial charge on any atom is -0.444 e. The van der Waals surface area contributed by atoms with Crippen LogP contribution in [0, 0.1) is 0 Å². The SMILES string of the molecule is NCCC[C@H]1CN(c2ccc3c(c2)NC(=O)CS3)C(=O)O1. The third-order valence-corrected chi connectivity index (χ3v) is 4.59. The Morgan fingerprint density at radius 2 is 2.29 bits per heavy atom. The normalized spacial score (nSPS) is 21.0. The van der Waals surface area contributed by atoms with Gasteiger partial charge in [0.2, 0.25) is 5.91 Å². The summed E-state index contributed by atoms with van der Waals surface area (Å²) in [5.41, 5.74) is 6.98. The lowest BCUT2D eigenvalue weighted by Gasteiger charge is -2.19. The van der Waals surface area contributed by atoms with Gasteiger partial charge in [-0.05, 0) is 37.6 Å². The first-order valence-electron chi connectivity index (χ1n) is 6.92. The van der Waals surface area contributed by atoms with E-state index in [0.29, 0.717) is 18.8 Å². The molecule has 2 amide bonds. The fraction of sp³-hybridized carbons (Fsp3) is 0.429. The molecule has 1 aromatic rings. The summed E-state index contributed by atoms with van der Waals surface area (Å²) in [4.78, 5) is 26.0. The minimum atomic E-state index is -0.341. The smallest absolute Gasteiger partial charge is 0.414 e. The van der Waals surface area contributed by atoms with Gasteiger partial charge in [-0.25, -0.2) is 4.79 Å². The zero-order valence-corrected chi connectivity index (χ0v) is 12.3. The molecule has 1 fully saturated rings. The van der Waals surface area contributed by atoms with E-state index in [2.05, 4.69) is 5.32 Å². The number of ether oxygens (including phenoxy) is 1. The topological polar surface area (TPSA) is 84.7 Å². The highest BCUT2D eigenvalue weighted by Gasteiger charge is 2.32. The van der Waals surface area contributed by atoms with E-state index in [1.54, 1.807) is 4.90 Å². The molecule has 2 heterocycles. The van der Waals surface area contributed by atoms with Crippen LogP contribution in [-0.2, 0) is 9.53 Å². The summed E-state index contributed by atoms with van der Waals surface area (Å²) in [6.45, 7) is 1.12. The predicted octanol–water partition coefficient (Wildman–Crippen LogP) is 1.79.